The fraction of sp³-hybridized carbons (Fsp3) is 0.333. The van der Waals surface area contributed by atoms with Crippen LogP contribution in [0.25, 0.3) is 0 Å². The fourth-order valence-electron chi connectivity index (χ4n) is 2.80. The van der Waals surface area contributed by atoms with Gasteiger partial charge in [-0.2, -0.15) is 0 Å². The molecule has 2 aromatic rings. The van der Waals surface area contributed by atoms with Crippen LogP contribution in [0.1, 0.15) is 38.2 Å². The van der Waals surface area contributed by atoms with Gasteiger partial charge in [-0.15, -0.1) is 0 Å². The van der Waals surface area contributed by atoms with Gasteiger partial charge in [-0.05, 0) is 50.5 Å². The van der Waals surface area contributed by atoms with Gasteiger partial charge in [-0.3, -0.25) is 0 Å². The third kappa shape index (κ3) is 2.90. The van der Waals surface area contributed by atoms with Gasteiger partial charge in [0.15, 0.2) is 0 Å². The first kappa shape index (κ1) is 15.1. The maximum Gasteiger partial charge on any atom is 0.123 e. The maximum atomic E-state index is 5.52. The highest BCUT2D eigenvalue weighted by Gasteiger charge is 2.19. The van der Waals surface area contributed by atoms with E-state index in [-0.39, 0.29) is 4.83 Å². The standard InChI is InChI=1S/C18H21BrO/c1-11-6-7-16(20-5)15(10-11)18(19)17-13(3)8-12(2)9-14(17)4/h6-10,18H,1-5H3. The van der Waals surface area contributed by atoms with Crippen LogP contribution >= 0.6 is 15.9 Å². The normalized spacial score (nSPS) is 12.3. The average Bonchev–Trinajstić information content (AvgIpc) is 2.37. The highest BCUT2D eigenvalue weighted by molar-refractivity contribution is 9.09. The molecule has 1 atom stereocenters. The van der Waals surface area contributed by atoms with Crippen LogP contribution in [-0.4, -0.2) is 7.11 Å². The van der Waals surface area contributed by atoms with Crippen molar-refractivity contribution in [2.75, 3.05) is 7.11 Å². The largest absolute Gasteiger partial charge is 0.496 e. The van der Waals surface area contributed by atoms with Crippen molar-refractivity contribution < 1.29 is 4.74 Å². The number of methoxy groups -OCH3 is 1. The van der Waals surface area contributed by atoms with Gasteiger partial charge < -0.3 is 4.74 Å². The molecule has 0 saturated carbocycles. The van der Waals surface area contributed by atoms with Crippen LogP contribution in [0.5, 0.6) is 5.75 Å². The Kier molecular flexibility index (Phi) is 4.54. The summed E-state index contributed by atoms with van der Waals surface area (Å²) in [6, 6.07) is 10.8. The van der Waals surface area contributed by atoms with Gasteiger partial charge in [0.25, 0.3) is 0 Å². The van der Waals surface area contributed by atoms with E-state index in [4.69, 9.17) is 4.74 Å². The van der Waals surface area contributed by atoms with Crippen molar-refractivity contribution in [2.45, 2.75) is 32.5 Å². The zero-order valence-electron chi connectivity index (χ0n) is 12.8. The molecular formula is C18H21BrO. The number of hydrogen-bond acceptors (Lipinski definition) is 1. The molecule has 2 heteroatoms. The van der Waals surface area contributed by atoms with Gasteiger partial charge in [-0.1, -0.05) is 51.3 Å². The molecule has 0 amide bonds. The van der Waals surface area contributed by atoms with E-state index in [1.54, 1.807) is 7.11 Å². The third-order valence-electron chi connectivity index (χ3n) is 3.65. The smallest absolute Gasteiger partial charge is 0.123 e. The van der Waals surface area contributed by atoms with Crippen LogP contribution in [0.2, 0.25) is 0 Å². The molecular weight excluding hydrogens is 312 g/mol. The summed E-state index contributed by atoms with van der Waals surface area (Å²) in [5.74, 6) is 0.928. The van der Waals surface area contributed by atoms with E-state index >= 15 is 0 Å². The Morgan fingerprint density at radius 3 is 2.05 bits per heavy atom. The molecule has 0 spiro atoms. The summed E-state index contributed by atoms with van der Waals surface area (Å²) in [6.45, 7) is 8.59. The average molecular weight is 333 g/mol. The molecule has 1 nitrogen and oxygen atoms in total. The number of hydrogen-bond donors (Lipinski definition) is 0. The van der Waals surface area contributed by atoms with Crippen LogP contribution < -0.4 is 4.74 Å². The minimum absolute atomic E-state index is 0.151. The van der Waals surface area contributed by atoms with Gasteiger partial charge in [0.1, 0.15) is 5.75 Å². The molecule has 20 heavy (non-hydrogen) atoms. The van der Waals surface area contributed by atoms with E-state index in [1.165, 1.54) is 33.4 Å². The summed E-state index contributed by atoms with van der Waals surface area (Å²) in [5, 5.41) is 0. The summed E-state index contributed by atoms with van der Waals surface area (Å²) < 4.78 is 5.52. The first-order valence-corrected chi connectivity index (χ1v) is 7.72. The monoisotopic (exact) mass is 332 g/mol. The number of benzene rings is 2. The molecule has 1 unspecified atom stereocenters. The van der Waals surface area contributed by atoms with Crippen molar-refractivity contribution in [1.82, 2.24) is 0 Å². The summed E-state index contributed by atoms with van der Waals surface area (Å²) in [6.07, 6.45) is 0. The molecule has 0 heterocycles. The first-order valence-electron chi connectivity index (χ1n) is 6.80. The lowest BCUT2D eigenvalue weighted by atomic mass is 9.93. The van der Waals surface area contributed by atoms with Crippen LogP contribution in [0.3, 0.4) is 0 Å². The molecule has 0 bridgehead atoms. The van der Waals surface area contributed by atoms with E-state index in [2.05, 4.69) is 67.9 Å². The Hall–Kier alpha value is -1.28. The minimum Gasteiger partial charge on any atom is -0.496 e. The molecule has 2 rings (SSSR count). The lowest BCUT2D eigenvalue weighted by Crippen LogP contribution is -2.02. The highest BCUT2D eigenvalue weighted by atomic mass is 79.9. The molecule has 0 saturated heterocycles. The SMILES string of the molecule is COc1ccc(C)cc1C(Br)c1c(C)cc(C)cc1C. The van der Waals surface area contributed by atoms with Crippen molar-refractivity contribution in [2.24, 2.45) is 0 Å². The number of ether oxygens (including phenoxy) is 1. The fourth-order valence-corrected chi connectivity index (χ4v) is 3.88. The summed E-state index contributed by atoms with van der Waals surface area (Å²) in [4.78, 5) is 0.151. The quantitative estimate of drug-likeness (QED) is 0.682. The zero-order valence-corrected chi connectivity index (χ0v) is 14.3. The summed E-state index contributed by atoms with van der Waals surface area (Å²) >= 11 is 3.87. The van der Waals surface area contributed by atoms with Crippen molar-refractivity contribution in [1.29, 1.82) is 0 Å². The molecule has 0 fully saturated rings. The molecule has 0 radical (unpaired) electrons. The van der Waals surface area contributed by atoms with Crippen LogP contribution in [0.4, 0.5) is 0 Å². The van der Waals surface area contributed by atoms with Crippen LogP contribution in [-0.2, 0) is 0 Å². The summed E-state index contributed by atoms with van der Waals surface area (Å²) in [7, 11) is 1.72. The molecule has 2 aromatic carbocycles. The van der Waals surface area contributed by atoms with Crippen molar-refractivity contribution in [3.05, 3.63) is 63.7 Å². The van der Waals surface area contributed by atoms with E-state index in [0.29, 0.717) is 0 Å². The Labute approximate surface area is 130 Å². The molecule has 0 aromatic heterocycles. The predicted octanol–water partition coefficient (Wildman–Crippen LogP) is 5.41. The number of rotatable bonds is 3. The third-order valence-corrected chi connectivity index (χ3v) is 4.60. The second-order valence-electron chi connectivity index (χ2n) is 5.42. The predicted molar refractivity (Wildman–Crippen MR) is 89.2 cm³/mol. The lowest BCUT2D eigenvalue weighted by Gasteiger charge is -2.20. The van der Waals surface area contributed by atoms with Crippen molar-refractivity contribution in [3.63, 3.8) is 0 Å². The zero-order chi connectivity index (χ0) is 14.9. The highest BCUT2D eigenvalue weighted by Crippen LogP contribution is 2.40. The molecule has 0 N–H and O–H groups in total. The lowest BCUT2D eigenvalue weighted by molar-refractivity contribution is 0.410. The molecule has 0 aliphatic heterocycles. The van der Waals surface area contributed by atoms with Gasteiger partial charge >= 0.3 is 0 Å². The topological polar surface area (TPSA) is 9.23 Å². The van der Waals surface area contributed by atoms with E-state index in [1.807, 2.05) is 6.07 Å². The van der Waals surface area contributed by atoms with E-state index in [0.717, 1.165) is 5.75 Å². The second-order valence-corrected chi connectivity index (χ2v) is 6.34. The molecule has 0 aliphatic carbocycles. The minimum atomic E-state index is 0.151. The van der Waals surface area contributed by atoms with Crippen molar-refractivity contribution >= 4 is 15.9 Å². The van der Waals surface area contributed by atoms with Crippen LogP contribution in [0.15, 0.2) is 30.3 Å². The maximum absolute atomic E-state index is 5.52. The van der Waals surface area contributed by atoms with Gasteiger partial charge in [0, 0.05) is 5.56 Å². The number of alkyl halides is 1. The first-order chi connectivity index (χ1) is 9.43. The summed E-state index contributed by atoms with van der Waals surface area (Å²) in [5.41, 5.74) is 7.69. The molecule has 106 valence electrons. The van der Waals surface area contributed by atoms with Crippen molar-refractivity contribution in [3.8, 4) is 5.75 Å². The van der Waals surface area contributed by atoms with Gasteiger partial charge in [0.2, 0.25) is 0 Å². The van der Waals surface area contributed by atoms with E-state index in [9.17, 15) is 0 Å². The van der Waals surface area contributed by atoms with Gasteiger partial charge in [0.05, 0.1) is 11.9 Å². The Morgan fingerprint density at radius 1 is 0.900 bits per heavy atom. The Balaban J connectivity index is 2.57. The van der Waals surface area contributed by atoms with E-state index < -0.39 is 0 Å². The number of aryl methyl sites for hydroxylation is 4. The second kappa shape index (κ2) is 6.01. The van der Waals surface area contributed by atoms with Gasteiger partial charge in [-0.25, -0.2) is 0 Å². The Bertz CT molecular complexity index is 608. The van der Waals surface area contributed by atoms with Crippen LogP contribution in [0, 0.1) is 27.7 Å². The Morgan fingerprint density at radius 2 is 1.50 bits per heavy atom. The number of halogens is 1. The molecule has 0 aliphatic rings.